The second-order valence-corrected chi connectivity index (χ2v) is 15.8. The van der Waals surface area contributed by atoms with E-state index in [0.29, 0.717) is 56.9 Å². The second kappa shape index (κ2) is 17.4. The number of nitrogens with one attached hydrogen (secondary N) is 1. The molecule has 58 heavy (non-hydrogen) atoms. The van der Waals surface area contributed by atoms with Crippen LogP contribution in [0.25, 0.3) is 11.3 Å². The maximum Gasteiger partial charge on any atom is 0.322 e. The first-order valence-electron chi connectivity index (χ1n) is 20.8. The number of carbonyl (C=O) groups excluding carboxylic acids is 3. The molecule has 0 bridgehead atoms. The van der Waals surface area contributed by atoms with Gasteiger partial charge in [-0.25, -0.2) is 4.79 Å². The summed E-state index contributed by atoms with van der Waals surface area (Å²) in [5.74, 6) is -0.0971. The highest BCUT2D eigenvalue weighted by Gasteiger charge is 2.35. The number of hydrogen-bond donors (Lipinski definition) is 1. The molecule has 0 radical (unpaired) electrons. The van der Waals surface area contributed by atoms with E-state index < -0.39 is 0 Å². The van der Waals surface area contributed by atoms with E-state index in [1.807, 2.05) is 103 Å². The molecule has 4 aromatic carbocycles. The standard InChI is InChI=1S/C48H54N6O4/c1-4-5-21-53(40-18-10-7-11-19-40)46(55)42-30-45(50(3)34(42)2)43-28-36-20-22-52(48(57)49-39-16-8-6-9-17-39)31-38(36)29-44(43)47(56)54-32-37-15-13-12-14-35(37)27-41(54)33-51-23-25-58-26-24-51/h6-19,28-30,41H,4-5,20-27,31-33H2,1-3H3,(H,49,57)/t41-/m0/s1. The molecule has 3 aliphatic heterocycles. The third-order valence-corrected chi connectivity index (χ3v) is 12.2. The second-order valence-electron chi connectivity index (χ2n) is 15.8. The minimum atomic E-state index is -0.167. The molecule has 0 saturated carbocycles. The third-order valence-electron chi connectivity index (χ3n) is 12.2. The van der Waals surface area contributed by atoms with Crippen LogP contribution in [0.15, 0.2) is 103 Å². The Morgan fingerprint density at radius 1 is 0.793 bits per heavy atom. The van der Waals surface area contributed by atoms with Gasteiger partial charge in [0.15, 0.2) is 0 Å². The number of nitrogens with zero attached hydrogens (tertiary/aromatic N) is 5. The van der Waals surface area contributed by atoms with Crippen LogP contribution in [-0.4, -0.2) is 89.1 Å². The summed E-state index contributed by atoms with van der Waals surface area (Å²) >= 11 is 0. The number of para-hydroxylation sites is 2. The maximum absolute atomic E-state index is 15.5. The summed E-state index contributed by atoms with van der Waals surface area (Å²) in [5, 5.41) is 3.04. The van der Waals surface area contributed by atoms with Crippen LogP contribution in [0.4, 0.5) is 16.2 Å². The fourth-order valence-electron chi connectivity index (χ4n) is 8.71. The molecule has 300 valence electrons. The van der Waals surface area contributed by atoms with Gasteiger partial charge in [-0.2, -0.15) is 0 Å². The molecule has 3 aliphatic rings. The lowest BCUT2D eigenvalue weighted by atomic mass is 9.89. The maximum atomic E-state index is 15.5. The lowest BCUT2D eigenvalue weighted by Gasteiger charge is -2.41. The molecule has 0 unspecified atom stereocenters. The zero-order valence-electron chi connectivity index (χ0n) is 34.0. The molecule has 1 saturated heterocycles. The number of morpholine rings is 1. The monoisotopic (exact) mass is 778 g/mol. The molecule has 10 heteroatoms. The van der Waals surface area contributed by atoms with E-state index in [1.165, 1.54) is 5.56 Å². The number of hydrogen-bond acceptors (Lipinski definition) is 5. The number of anilines is 2. The Kier molecular flexibility index (Phi) is 11.8. The van der Waals surface area contributed by atoms with Gasteiger partial charge in [0.25, 0.3) is 11.8 Å². The summed E-state index contributed by atoms with van der Waals surface area (Å²) in [6.45, 7) is 9.97. The molecule has 0 aliphatic carbocycles. The Morgan fingerprint density at radius 2 is 1.50 bits per heavy atom. The topological polar surface area (TPSA) is 90.4 Å². The van der Waals surface area contributed by atoms with Gasteiger partial charge in [0.2, 0.25) is 0 Å². The molecular formula is C48H54N6O4. The van der Waals surface area contributed by atoms with Gasteiger partial charge in [0.1, 0.15) is 0 Å². The molecule has 4 heterocycles. The van der Waals surface area contributed by atoms with E-state index in [2.05, 4.69) is 50.9 Å². The Bertz CT molecular complexity index is 2260. The number of aromatic nitrogens is 1. The summed E-state index contributed by atoms with van der Waals surface area (Å²) in [6, 6.07) is 33.8. The number of ether oxygens (including phenoxy) is 1. The molecule has 1 aromatic heterocycles. The van der Waals surface area contributed by atoms with Gasteiger partial charge in [-0.3, -0.25) is 14.5 Å². The Labute approximate surface area is 342 Å². The summed E-state index contributed by atoms with van der Waals surface area (Å²) in [6.07, 6.45) is 3.26. The minimum absolute atomic E-state index is 0.0391. The Hall–Kier alpha value is -5.71. The predicted octanol–water partition coefficient (Wildman–Crippen LogP) is 7.94. The van der Waals surface area contributed by atoms with Crippen molar-refractivity contribution in [2.24, 2.45) is 7.05 Å². The van der Waals surface area contributed by atoms with Gasteiger partial charge in [0, 0.05) is 92.8 Å². The highest BCUT2D eigenvalue weighted by molar-refractivity contribution is 6.08. The van der Waals surface area contributed by atoms with Gasteiger partial charge in [0.05, 0.1) is 18.8 Å². The molecule has 8 rings (SSSR count). The van der Waals surface area contributed by atoms with Crippen LogP contribution in [0.5, 0.6) is 0 Å². The van der Waals surface area contributed by atoms with E-state index >= 15 is 4.79 Å². The smallest absolute Gasteiger partial charge is 0.322 e. The van der Waals surface area contributed by atoms with E-state index in [4.69, 9.17) is 4.74 Å². The molecular weight excluding hydrogens is 725 g/mol. The SMILES string of the molecule is CCCCN(C(=O)c1cc(-c2cc3c(cc2C(=O)N2Cc4ccccc4C[C@H]2CN2CCOCC2)CN(C(=O)Nc2ccccc2)CC3)n(C)c1C)c1ccccc1. The van der Waals surface area contributed by atoms with Crippen LogP contribution in [0.1, 0.15) is 68.4 Å². The first-order chi connectivity index (χ1) is 28.3. The van der Waals surface area contributed by atoms with Gasteiger partial charge in [-0.1, -0.05) is 74.0 Å². The number of fused-ring (bicyclic) bond motifs is 2. The van der Waals surface area contributed by atoms with Crippen LogP contribution in [-0.2, 0) is 37.7 Å². The van der Waals surface area contributed by atoms with Gasteiger partial charge >= 0.3 is 6.03 Å². The van der Waals surface area contributed by atoms with Crippen molar-refractivity contribution in [2.45, 2.75) is 58.7 Å². The fourth-order valence-corrected chi connectivity index (χ4v) is 8.71. The average Bonchev–Trinajstić information content (AvgIpc) is 3.56. The highest BCUT2D eigenvalue weighted by Crippen LogP contribution is 2.36. The van der Waals surface area contributed by atoms with Crippen LogP contribution in [0.3, 0.4) is 0 Å². The van der Waals surface area contributed by atoms with Crippen molar-refractivity contribution in [2.75, 3.05) is 56.2 Å². The summed E-state index contributed by atoms with van der Waals surface area (Å²) < 4.78 is 7.74. The lowest BCUT2D eigenvalue weighted by molar-refractivity contribution is 0.0193. The zero-order chi connectivity index (χ0) is 40.2. The van der Waals surface area contributed by atoms with E-state index in [0.717, 1.165) is 83.9 Å². The van der Waals surface area contributed by atoms with Crippen LogP contribution in [0, 0.1) is 6.92 Å². The number of carbonyl (C=O) groups is 3. The molecule has 0 spiro atoms. The number of urea groups is 1. The van der Waals surface area contributed by atoms with Crippen LogP contribution in [0.2, 0.25) is 0 Å². The average molecular weight is 779 g/mol. The Morgan fingerprint density at radius 3 is 2.24 bits per heavy atom. The summed E-state index contributed by atoms with van der Waals surface area (Å²) in [7, 11) is 1.99. The lowest BCUT2D eigenvalue weighted by Crippen LogP contribution is -2.52. The highest BCUT2D eigenvalue weighted by atomic mass is 16.5. The third kappa shape index (κ3) is 8.17. The van der Waals surface area contributed by atoms with Crippen LogP contribution < -0.4 is 10.2 Å². The predicted molar refractivity (Wildman–Crippen MR) is 229 cm³/mol. The molecule has 1 N–H and O–H groups in total. The normalized spacial score (nSPS) is 16.7. The van der Waals surface area contributed by atoms with Crippen molar-refractivity contribution in [3.63, 3.8) is 0 Å². The van der Waals surface area contributed by atoms with E-state index in [9.17, 15) is 9.59 Å². The zero-order valence-corrected chi connectivity index (χ0v) is 34.0. The largest absolute Gasteiger partial charge is 0.379 e. The fraction of sp³-hybridized carbons (Fsp3) is 0.354. The molecule has 4 amide bonds. The van der Waals surface area contributed by atoms with Crippen LogP contribution >= 0.6 is 0 Å². The van der Waals surface area contributed by atoms with E-state index in [1.54, 1.807) is 0 Å². The van der Waals surface area contributed by atoms with E-state index in [-0.39, 0.29) is 23.9 Å². The molecule has 10 nitrogen and oxygen atoms in total. The van der Waals surface area contributed by atoms with Crippen molar-refractivity contribution in [1.82, 2.24) is 19.3 Å². The van der Waals surface area contributed by atoms with Crippen molar-refractivity contribution in [1.29, 1.82) is 0 Å². The van der Waals surface area contributed by atoms with Gasteiger partial charge in [-0.15, -0.1) is 0 Å². The molecule has 1 fully saturated rings. The van der Waals surface area contributed by atoms with Crippen molar-refractivity contribution in [3.05, 3.63) is 142 Å². The number of rotatable bonds is 10. The molecule has 1 atom stereocenters. The first kappa shape index (κ1) is 39.1. The summed E-state index contributed by atoms with van der Waals surface area (Å²) in [4.78, 5) is 51.7. The Balaban J connectivity index is 1.20. The summed E-state index contributed by atoms with van der Waals surface area (Å²) in [5.41, 5.74) is 9.78. The minimum Gasteiger partial charge on any atom is -0.379 e. The number of amides is 4. The van der Waals surface area contributed by atoms with Gasteiger partial charge in [-0.05, 0) is 90.9 Å². The number of unbranched alkanes of at least 4 members (excludes halogenated alkanes) is 1. The van der Waals surface area contributed by atoms with Crippen molar-refractivity contribution < 1.29 is 19.1 Å². The van der Waals surface area contributed by atoms with Gasteiger partial charge < -0.3 is 29.3 Å². The quantitative estimate of drug-likeness (QED) is 0.156. The first-order valence-corrected chi connectivity index (χ1v) is 20.8. The van der Waals surface area contributed by atoms with Crippen molar-refractivity contribution >= 4 is 29.2 Å². The number of benzene rings is 4. The van der Waals surface area contributed by atoms with Crippen molar-refractivity contribution in [3.8, 4) is 11.3 Å². The molecule has 5 aromatic rings.